The summed E-state index contributed by atoms with van der Waals surface area (Å²) in [6, 6.07) is 8.02. The molecule has 0 saturated heterocycles. The summed E-state index contributed by atoms with van der Waals surface area (Å²) in [5, 5.41) is 5.36. The Labute approximate surface area is 164 Å². The van der Waals surface area contributed by atoms with Crippen LogP contribution in [0.5, 0.6) is 0 Å². The summed E-state index contributed by atoms with van der Waals surface area (Å²) in [6.07, 6.45) is 4.76. The molecule has 7 heteroatoms. The van der Waals surface area contributed by atoms with Crippen LogP contribution in [0.1, 0.15) is 50.6 Å². The minimum Gasteiger partial charge on any atom is -0.463 e. The molecule has 2 amide bonds. The lowest BCUT2D eigenvalue weighted by Gasteiger charge is -2.29. The highest BCUT2D eigenvalue weighted by molar-refractivity contribution is 5.95. The first kappa shape index (κ1) is 19.9. The largest absolute Gasteiger partial charge is 0.463 e. The molecule has 1 heterocycles. The molecule has 2 aliphatic rings. The van der Waals surface area contributed by atoms with E-state index >= 15 is 0 Å². The van der Waals surface area contributed by atoms with Gasteiger partial charge in [0, 0.05) is 6.42 Å². The van der Waals surface area contributed by atoms with E-state index in [0.29, 0.717) is 12.3 Å². The van der Waals surface area contributed by atoms with Gasteiger partial charge in [-0.2, -0.15) is 0 Å². The van der Waals surface area contributed by atoms with Gasteiger partial charge in [-0.3, -0.25) is 4.79 Å². The minimum atomic E-state index is -0.669. The van der Waals surface area contributed by atoms with Gasteiger partial charge in [0.15, 0.2) is 0 Å². The highest BCUT2D eigenvalue weighted by atomic mass is 16.5. The number of hydrogen-bond acceptors (Lipinski definition) is 5. The molecule has 0 spiro atoms. The second-order valence-electron chi connectivity index (χ2n) is 7.07. The Bertz CT molecular complexity index is 753. The van der Waals surface area contributed by atoms with Crippen molar-refractivity contribution >= 4 is 18.0 Å². The number of nitrogens with one attached hydrogen (secondary N) is 2. The van der Waals surface area contributed by atoms with Crippen molar-refractivity contribution in [3.63, 3.8) is 0 Å². The molecule has 1 unspecified atom stereocenters. The lowest BCUT2D eigenvalue weighted by atomic mass is 9.95. The third-order valence-corrected chi connectivity index (χ3v) is 5.09. The molecular formula is C21H26N2O5. The van der Waals surface area contributed by atoms with Crippen molar-refractivity contribution in [2.24, 2.45) is 5.92 Å². The van der Waals surface area contributed by atoms with Crippen molar-refractivity contribution in [1.29, 1.82) is 0 Å². The van der Waals surface area contributed by atoms with Crippen LogP contribution in [0.25, 0.3) is 0 Å². The van der Waals surface area contributed by atoms with Gasteiger partial charge < -0.3 is 20.1 Å². The molecule has 1 aromatic carbocycles. The Morgan fingerprint density at radius 2 is 1.82 bits per heavy atom. The predicted molar refractivity (Wildman–Crippen MR) is 102 cm³/mol. The van der Waals surface area contributed by atoms with Crippen LogP contribution >= 0.6 is 0 Å². The summed E-state index contributed by atoms with van der Waals surface area (Å²) in [5.41, 5.74) is 1.26. The molecule has 2 N–H and O–H groups in total. The average molecular weight is 386 g/mol. The molecule has 0 bridgehead atoms. The SMILES string of the molecule is CCOC(=O)C1=C(COC(=O)CC2CCCC2)NC(=O)NC1c1ccccc1. The molecule has 1 saturated carbocycles. The van der Waals surface area contributed by atoms with Gasteiger partial charge in [-0.25, -0.2) is 9.59 Å². The monoisotopic (exact) mass is 386 g/mol. The summed E-state index contributed by atoms with van der Waals surface area (Å²) in [6.45, 7) is 1.75. The van der Waals surface area contributed by atoms with Gasteiger partial charge >= 0.3 is 18.0 Å². The van der Waals surface area contributed by atoms with E-state index in [-0.39, 0.29) is 30.5 Å². The molecule has 28 heavy (non-hydrogen) atoms. The maximum atomic E-state index is 12.6. The van der Waals surface area contributed by atoms with Crippen LogP contribution < -0.4 is 10.6 Å². The number of ether oxygens (including phenoxy) is 2. The van der Waals surface area contributed by atoms with Crippen molar-refractivity contribution in [3.8, 4) is 0 Å². The third kappa shape index (κ3) is 4.91. The first-order valence-electron chi connectivity index (χ1n) is 9.76. The smallest absolute Gasteiger partial charge is 0.338 e. The number of carbonyl (C=O) groups excluding carboxylic acids is 3. The van der Waals surface area contributed by atoms with Gasteiger partial charge in [-0.05, 0) is 31.2 Å². The maximum Gasteiger partial charge on any atom is 0.338 e. The first-order valence-corrected chi connectivity index (χ1v) is 9.76. The van der Waals surface area contributed by atoms with Gasteiger partial charge in [-0.1, -0.05) is 43.2 Å². The third-order valence-electron chi connectivity index (χ3n) is 5.09. The van der Waals surface area contributed by atoms with Gasteiger partial charge in [0.2, 0.25) is 0 Å². The van der Waals surface area contributed by atoms with E-state index in [2.05, 4.69) is 10.6 Å². The van der Waals surface area contributed by atoms with Gasteiger partial charge in [-0.15, -0.1) is 0 Å². The molecule has 7 nitrogen and oxygen atoms in total. The Balaban J connectivity index is 1.80. The van der Waals surface area contributed by atoms with Crippen molar-refractivity contribution < 1.29 is 23.9 Å². The molecule has 3 rings (SSSR count). The zero-order valence-corrected chi connectivity index (χ0v) is 16.0. The Morgan fingerprint density at radius 1 is 1.11 bits per heavy atom. The standard InChI is InChI=1S/C21H26N2O5/c1-2-27-20(25)18-16(13-28-17(24)12-14-8-6-7-9-14)22-21(26)23-19(18)15-10-4-3-5-11-15/h3-5,10-11,14,19H,2,6-9,12-13H2,1H3,(H2,22,23,26). The predicted octanol–water partition coefficient (Wildman–Crippen LogP) is 2.98. The molecule has 1 atom stereocenters. The van der Waals surface area contributed by atoms with Crippen molar-refractivity contribution in [2.75, 3.05) is 13.2 Å². The number of rotatable bonds is 7. The topological polar surface area (TPSA) is 93.7 Å². The molecule has 0 aromatic heterocycles. The van der Waals surface area contributed by atoms with Gasteiger partial charge in [0.1, 0.15) is 6.61 Å². The van der Waals surface area contributed by atoms with Crippen molar-refractivity contribution in [3.05, 3.63) is 47.2 Å². The van der Waals surface area contributed by atoms with E-state index < -0.39 is 18.0 Å². The number of carbonyl (C=O) groups is 3. The quantitative estimate of drug-likeness (QED) is 0.703. The molecule has 1 aromatic rings. The Hall–Kier alpha value is -2.83. The zero-order valence-electron chi connectivity index (χ0n) is 16.0. The van der Waals surface area contributed by atoms with Crippen LogP contribution in [0, 0.1) is 5.92 Å². The Kier molecular flexibility index (Phi) is 6.68. The molecule has 150 valence electrons. The Morgan fingerprint density at radius 3 is 2.50 bits per heavy atom. The summed E-state index contributed by atoms with van der Waals surface area (Å²) in [7, 11) is 0. The molecule has 0 radical (unpaired) electrons. The normalized spacial score (nSPS) is 19.8. The van der Waals surface area contributed by atoms with Crippen LogP contribution in [-0.4, -0.2) is 31.2 Å². The average Bonchev–Trinajstić information content (AvgIpc) is 3.19. The van der Waals surface area contributed by atoms with Crippen molar-refractivity contribution in [2.45, 2.75) is 45.1 Å². The summed E-state index contributed by atoms with van der Waals surface area (Å²) >= 11 is 0. The number of esters is 2. The van der Waals surface area contributed by atoms with E-state index in [1.165, 1.54) is 0 Å². The fourth-order valence-electron chi connectivity index (χ4n) is 3.74. The number of hydrogen-bond donors (Lipinski definition) is 2. The van der Waals surface area contributed by atoms with Gasteiger partial charge in [0.05, 0.1) is 23.9 Å². The number of urea groups is 1. The highest BCUT2D eigenvalue weighted by Gasteiger charge is 2.34. The van der Waals surface area contributed by atoms with Gasteiger partial charge in [0.25, 0.3) is 0 Å². The summed E-state index contributed by atoms with van der Waals surface area (Å²) in [5.74, 6) is -0.497. The van der Waals surface area contributed by atoms with Crippen LogP contribution in [0.3, 0.4) is 0 Å². The molecule has 1 aliphatic carbocycles. The van der Waals surface area contributed by atoms with E-state index in [1.54, 1.807) is 6.92 Å². The lowest BCUT2D eigenvalue weighted by Crippen LogP contribution is -2.47. The van der Waals surface area contributed by atoms with Crippen molar-refractivity contribution in [1.82, 2.24) is 10.6 Å². The van der Waals surface area contributed by atoms with Crippen LogP contribution in [-0.2, 0) is 19.1 Å². The number of benzene rings is 1. The summed E-state index contributed by atoms with van der Waals surface area (Å²) < 4.78 is 10.6. The maximum absolute atomic E-state index is 12.6. The fourth-order valence-corrected chi connectivity index (χ4v) is 3.74. The molecule has 1 aliphatic heterocycles. The number of amides is 2. The summed E-state index contributed by atoms with van der Waals surface area (Å²) in [4.78, 5) is 37.0. The first-order chi connectivity index (χ1) is 13.6. The van der Waals surface area contributed by atoms with E-state index in [1.807, 2.05) is 30.3 Å². The van der Waals surface area contributed by atoms with Crippen LogP contribution in [0.4, 0.5) is 4.79 Å². The second-order valence-corrected chi connectivity index (χ2v) is 7.07. The lowest BCUT2D eigenvalue weighted by molar-refractivity contribution is -0.144. The van der Waals surface area contributed by atoms with E-state index in [4.69, 9.17) is 9.47 Å². The molecular weight excluding hydrogens is 360 g/mol. The molecule has 1 fully saturated rings. The van der Waals surface area contributed by atoms with Crippen LogP contribution in [0.2, 0.25) is 0 Å². The zero-order chi connectivity index (χ0) is 19.9. The second kappa shape index (κ2) is 9.39. The highest BCUT2D eigenvalue weighted by Crippen LogP contribution is 2.29. The van der Waals surface area contributed by atoms with E-state index in [0.717, 1.165) is 31.2 Å². The van der Waals surface area contributed by atoms with Crippen LogP contribution in [0.15, 0.2) is 41.6 Å². The fraction of sp³-hybridized carbons (Fsp3) is 0.476. The minimum absolute atomic E-state index is 0.170. The van der Waals surface area contributed by atoms with E-state index in [9.17, 15) is 14.4 Å².